The molecule has 4 nitrogen and oxygen atoms in total. The summed E-state index contributed by atoms with van der Waals surface area (Å²) in [7, 11) is 0. The standard InChI is InChI=1S/C14H22O4/c1-3-16-14(17-4-2)8-9-18-13-7-5-6-12(10-13)11-15/h5-7,10,14-15H,3-4,8-9,11H2,1-2H3. The zero-order chi connectivity index (χ0) is 13.2. The quantitative estimate of drug-likeness (QED) is 0.687. The zero-order valence-electron chi connectivity index (χ0n) is 11.1. The van der Waals surface area contributed by atoms with Crippen LogP contribution in [0.4, 0.5) is 0 Å². The molecule has 0 atom stereocenters. The minimum Gasteiger partial charge on any atom is -0.493 e. The van der Waals surface area contributed by atoms with Crippen LogP contribution in [-0.4, -0.2) is 31.2 Å². The van der Waals surface area contributed by atoms with Gasteiger partial charge in [0.25, 0.3) is 0 Å². The van der Waals surface area contributed by atoms with Gasteiger partial charge in [-0.3, -0.25) is 0 Å². The minimum absolute atomic E-state index is 0.0255. The lowest BCUT2D eigenvalue weighted by Gasteiger charge is -2.17. The predicted molar refractivity (Wildman–Crippen MR) is 69.5 cm³/mol. The molecule has 0 heterocycles. The Kier molecular flexibility index (Phi) is 7.41. The molecule has 1 N–H and O–H groups in total. The van der Waals surface area contributed by atoms with Crippen molar-refractivity contribution in [1.82, 2.24) is 0 Å². The minimum atomic E-state index is -0.207. The molecule has 4 heteroatoms. The third-order valence-electron chi connectivity index (χ3n) is 2.41. The van der Waals surface area contributed by atoms with Gasteiger partial charge in [0.1, 0.15) is 5.75 Å². The van der Waals surface area contributed by atoms with Gasteiger partial charge in [-0.25, -0.2) is 0 Å². The monoisotopic (exact) mass is 254 g/mol. The van der Waals surface area contributed by atoms with Crippen molar-refractivity contribution in [3.63, 3.8) is 0 Å². The van der Waals surface area contributed by atoms with E-state index in [0.29, 0.717) is 26.2 Å². The molecule has 1 aromatic carbocycles. The second kappa shape index (κ2) is 8.91. The fourth-order valence-electron chi connectivity index (χ4n) is 1.59. The van der Waals surface area contributed by atoms with E-state index in [2.05, 4.69) is 0 Å². The molecule has 0 aliphatic rings. The van der Waals surface area contributed by atoms with Crippen LogP contribution in [0.5, 0.6) is 5.75 Å². The Hall–Kier alpha value is -1.10. The van der Waals surface area contributed by atoms with E-state index < -0.39 is 0 Å². The van der Waals surface area contributed by atoms with E-state index in [1.807, 2.05) is 38.1 Å². The molecule has 0 saturated heterocycles. The molecule has 0 unspecified atom stereocenters. The summed E-state index contributed by atoms with van der Waals surface area (Å²) in [5, 5.41) is 9.02. The number of aliphatic hydroxyl groups excluding tert-OH is 1. The molecule has 1 aromatic rings. The fourth-order valence-corrected chi connectivity index (χ4v) is 1.59. The SMILES string of the molecule is CCOC(CCOc1cccc(CO)c1)OCC. The average molecular weight is 254 g/mol. The molecule has 0 radical (unpaired) electrons. The molecule has 18 heavy (non-hydrogen) atoms. The van der Waals surface area contributed by atoms with Gasteiger partial charge in [0.05, 0.1) is 13.2 Å². The maximum absolute atomic E-state index is 9.02. The zero-order valence-corrected chi connectivity index (χ0v) is 11.1. The largest absolute Gasteiger partial charge is 0.493 e. The first-order valence-corrected chi connectivity index (χ1v) is 6.36. The first kappa shape index (κ1) is 15.0. The third kappa shape index (κ3) is 5.49. The highest BCUT2D eigenvalue weighted by molar-refractivity contribution is 5.27. The van der Waals surface area contributed by atoms with E-state index in [1.165, 1.54) is 0 Å². The maximum atomic E-state index is 9.02. The van der Waals surface area contributed by atoms with Crippen LogP contribution in [-0.2, 0) is 16.1 Å². The third-order valence-corrected chi connectivity index (χ3v) is 2.41. The molecular formula is C14H22O4. The van der Waals surface area contributed by atoms with Gasteiger partial charge in [-0.2, -0.15) is 0 Å². The predicted octanol–water partition coefficient (Wildman–Crippen LogP) is 2.35. The van der Waals surface area contributed by atoms with Crippen molar-refractivity contribution in [1.29, 1.82) is 0 Å². The number of aliphatic hydroxyl groups is 1. The van der Waals surface area contributed by atoms with Crippen LogP contribution < -0.4 is 4.74 Å². The average Bonchev–Trinajstić information content (AvgIpc) is 2.39. The highest BCUT2D eigenvalue weighted by Gasteiger charge is 2.07. The summed E-state index contributed by atoms with van der Waals surface area (Å²) >= 11 is 0. The summed E-state index contributed by atoms with van der Waals surface area (Å²) in [5.41, 5.74) is 0.846. The summed E-state index contributed by atoms with van der Waals surface area (Å²) in [6.07, 6.45) is 0.478. The van der Waals surface area contributed by atoms with Crippen molar-refractivity contribution in [3.8, 4) is 5.75 Å². The Labute approximate surface area is 108 Å². The van der Waals surface area contributed by atoms with Gasteiger partial charge in [0.2, 0.25) is 0 Å². The van der Waals surface area contributed by atoms with Crippen molar-refractivity contribution in [2.75, 3.05) is 19.8 Å². The smallest absolute Gasteiger partial charge is 0.160 e. The van der Waals surface area contributed by atoms with E-state index in [1.54, 1.807) is 0 Å². The topological polar surface area (TPSA) is 47.9 Å². The van der Waals surface area contributed by atoms with Crippen molar-refractivity contribution in [3.05, 3.63) is 29.8 Å². The summed E-state index contributed by atoms with van der Waals surface area (Å²) < 4.78 is 16.4. The van der Waals surface area contributed by atoms with Gasteiger partial charge < -0.3 is 19.3 Å². The number of hydrogen-bond acceptors (Lipinski definition) is 4. The molecule has 0 spiro atoms. The lowest BCUT2D eigenvalue weighted by Crippen LogP contribution is -2.20. The van der Waals surface area contributed by atoms with Crippen LogP contribution in [0, 0.1) is 0 Å². The normalized spacial score (nSPS) is 10.9. The lowest BCUT2D eigenvalue weighted by molar-refractivity contribution is -0.142. The van der Waals surface area contributed by atoms with Crippen LogP contribution in [0.25, 0.3) is 0 Å². The number of benzene rings is 1. The van der Waals surface area contributed by atoms with E-state index in [0.717, 1.165) is 11.3 Å². The maximum Gasteiger partial charge on any atom is 0.160 e. The number of ether oxygens (including phenoxy) is 3. The summed E-state index contributed by atoms with van der Waals surface area (Å²) in [6.45, 7) is 5.70. The van der Waals surface area contributed by atoms with Crippen LogP contribution in [0.15, 0.2) is 24.3 Å². The van der Waals surface area contributed by atoms with Crippen LogP contribution >= 0.6 is 0 Å². The number of rotatable bonds is 9. The van der Waals surface area contributed by atoms with Gasteiger partial charge in [-0.05, 0) is 31.5 Å². The Bertz CT molecular complexity index is 321. The van der Waals surface area contributed by atoms with Gasteiger partial charge in [0, 0.05) is 19.6 Å². The van der Waals surface area contributed by atoms with Crippen LogP contribution in [0.2, 0.25) is 0 Å². The van der Waals surface area contributed by atoms with Gasteiger partial charge in [0.15, 0.2) is 6.29 Å². The summed E-state index contributed by atoms with van der Waals surface area (Å²) in [5.74, 6) is 0.758. The Morgan fingerprint density at radius 1 is 1.17 bits per heavy atom. The van der Waals surface area contributed by atoms with Crippen molar-refractivity contribution in [2.24, 2.45) is 0 Å². The molecular weight excluding hydrogens is 232 g/mol. The Balaban J connectivity index is 2.34. The Morgan fingerprint density at radius 2 is 1.89 bits per heavy atom. The molecule has 0 aromatic heterocycles. The van der Waals surface area contributed by atoms with E-state index >= 15 is 0 Å². The molecule has 0 aliphatic carbocycles. The first-order valence-electron chi connectivity index (χ1n) is 6.36. The molecule has 0 fully saturated rings. The Morgan fingerprint density at radius 3 is 2.50 bits per heavy atom. The second-order valence-electron chi connectivity index (χ2n) is 3.78. The van der Waals surface area contributed by atoms with Crippen molar-refractivity contribution >= 4 is 0 Å². The summed E-state index contributed by atoms with van der Waals surface area (Å²) in [6, 6.07) is 7.42. The van der Waals surface area contributed by atoms with Crippen LogP contribution in [0.3, 0.4) is 0 Å². The molecule has 0 amide bonds. The highest BCUT2D eigenvalue weighted by atomic mass is 16.7. The summed E-state index contributed by atoms with van der Waals surface area (Å²) in [4.78, 5) is 0. The number of hydrogen-bond donors (Lipinski definition) is 1. The molecule has 0 aliphatic heterocycles. The van der Waals surface area contributed by atoms with E-state index in [9.17, 15) is 0 Å². The van der Waals surface area contributed by atoms with E-state index in [4.69, 9.17) is 19.3 Å². The van der Waals surface area contributed by atoms with Gasteiger partial charge in [-0.1, -0.05) is 12.1 Å². The van der Waals surface area contributed by atoms with Gasteiger partial charge in [-0.15, -0.1) is 0 Å². The fraction of sp³-hybridized carbons (Fsp3) is 0.571. The highest BCUT2D eigenvalue weighted by Crippen LogP contribution is 2.14. The van der Waals surface area contributed by atoms with Crippen LogP contribution in [0.1, 0.15) is 25.8 Å². The lowest BCUT2D eigenvalue weighted by atomic mass is 10.2. The second-order valence-corrected chi connectivity index (χ2v) is 3.78. The van der Waals surface area contributed by atoms with E-state index in [-0.39, 0.29) is 12.9 Å². The van der Waals surface area contributed by atoms with Gasteiger partial charge >= 0.3 is 0 Å². The molecule has 0 bridgehead atoms. The molecule has 102 valence electrons. The van der Waals surface area contributed by atoms with Crippen molar-refractivity contribution in [2.45, 2.75) is 33.2 Å². The molecule has 1 rings (SSSR count). The first-order chi connectivity index (χ1) is 8.80. The molecule has 0 saturated carbocycles. The van der Waals surface area contributed by atoms with Crippen molar-refractivity contribution < 1.29 is 19.3 Å².